The maximum absolute atomic E-state index is 12.6. The molecule has 3 rings (SSSR count). The topological polar surface area (TPSA) is 61.4 Å². The third kappa shape index (κ3) is 3.08. The highest BCUT2D eigenvalue weighted by Crippen LogP contribution is 2.24. The van der Waals surface area contributed by atoms with E-state index in [9.17, 15) is 9.59 Å². The van der Waals surface area contributed by atoms with Crippen LogP contribution in [0.25, 0.3) is 0 Å². The summed E-state index contributed by atoms with van der Waals surface area (Å²) in [5.41, 5.74) is 0.877. The number of carbonyl (C=O) groups excluding carboxylic acids is 2. The number of nitrogens with one attached hydrogen (secondary N) is 2. The molecule has 5 nitrogen and oxygen atoms in total. The number of carbonyl (C=O) groups is 2. The Hall–Kier alpha value is -1.88. The summed E-state index contributed by atoms with van der Waals surface area (Å²) in [7, 11) is 0. The van der Waals surface area contributed by atoms with Gasteiger partial charge in [0.15, 0.2) is 0 Å². The summed E-state index contributed by atoms with van der Waals surface area (Å²) in [6, 6.07) is 9.30. The van der Waals surface area contributed by atoms with Crippen LogP contribution >= 0.6 is 0 Å². The molecule has 0 aromatic heterocycles. The number of hydrogen-bond acceptors (Lipinski definition) is 3. The van der Waals surface area contributed by atoms with Crippen LogP contribution in [0.15, 0.2) is 30.3 Å². The molecule has 0 spiro atoms. The molecule has 0 radical (unpaired) electrons. The molecule has 0 bridgehead atoms. The lowest BCUT2D eigenvalue weighted by atomic mass is 10.0. The van der Waals surface area contributed by atoms with Gasteiger partial charge < -0.3 is 15.5 Å². The van der Waals surface area contributed by atoms with Gasteiger partial charge in [0.25, 0.3) is 0 Å². The molecule has 21 heavy (non-hydrogen) atoms. The predicted octanol–water partition coefficient (Wildman–Crippen LogP) is 0.828. The molecule has 0 saturated carbocycles. The highest BCUT2D eigenvalue weighted by atomic mass is 16.2. The SMILES string of the molecule is O=C1NCCN(C(=O)CC2CCCN2)C1c1ccccc1. The molecule has 2 heterocycles. The zero-order chi connectivity index (χ0) is 14.7. The summed E-state index contributed by atoms with van der Waals surface area (Å²) < 4.78 is 0. The second-order valence-corrected chi connectivity index (χ2v) is 5.69. The second kappa shape index (κ2) is 6.26. The highest BCUT2D eigenvalue weighted by Gasteiger charge is 2.35. The van der Waals surface area contributed by atoms with Gasteiger partial charge in [-0.3, -0.25) is 9.59 Å². The Balaban J connectivity index is 1.77. The Morgan fingerprint density at radius 1 is 1.24 bits per heavy atom. The van der Waals surface area contributed by atoms with Crippen molar-refractivity contribution in [1.82, 2.24) is 15.5 Å². The van der Waals surface area contributed by atoms with Gasteiger partial charge in [0.05, 0.1) is 0 Å². The van der Waals surface area contributed by atoms with Gasteiger partial charge in [-0.2, -0.15) is 0 Å². The predicted molar refractivity (Wildman–Crippen MR) is 79.5 cm³/mol. The van der Waals surface area contributed by atoms with Crippen LogP contribution in [0.5, 0.6) is 0 Å². The Morgan fingerprint density at radius 3 is 2.76 bits per heavy atom. The molecule has 2 atom stereocenters. The fourth-order valence-electron chi connectivity index (χ4n) is 3.16. The van der Waals surface area contributed by atoms with Gasteiger partial charge in [-0.1, -0.05) is 30.3 Å². The molecule has 2 aliphatic heterocycles. The summed E-state index contributed by atoms with van der Waals surface area (Å²) in [6.07, 6.45) is 2.65. The first-order valence-corrected chi connectivity index (χ1v) is 7.61. The molecule has 5 heteroatoms. The largest absolute Gasteiger partial charge is 0.352 e. The van der Waals surface area contributed by atoms with Crippen molar-refractivity contribution in [3.8, 4) is 0 Å². The van der Waals surface area contributed by atoms with Crippen molar-refractivity contribution in [1.29, 1.82) is 0 Å². The lowest BCUT2D eigenvalue weighted by Crippen LogP contribution is -2.52. The van der Waals surface area contributed by atoms with E-state index in [0.29, 0.717) is 19.5 Å². The molecule has 2 fully saturated rings. The summed E-state index contributed by atoms with van der Waals surface area (Å²) >= 11 is 0. The highest BCUT2D eigenvalue weighted by molar-refractivity contribution is 5.90. The van der Waals surface area contributed by atoms with Crippen LogP contribution in [0.4, 0.5) is 0 Å². The molecular formula is C16H21N3O2. The van der Waals surface area contributed by atoms with E-state index >= 15 is 0 Å². The maximum atomic E-state index is 12.6. The Morgan fingerprint density at radius 2 is 2.05 bits per heavy atom. The lowest BCUT2D eigenvalue weighted by Gasteiger charge is -2.36. The average molecular weight is 287 g/mol. The van der Waals surface area contributed by atoms with Gasteiger partial charge in [0.2, 0.25) is 11.8 Å². The minimum atomic E-state index is -0.492. The van der Waals surface area contributed by atoms with Crippen LogP contribution in [0, 0.1) is 0 Å². The number of nitrogens with zero attached hydrogens (tertiary/aromatic N) is 1. The van der Waals surface area contributed by atoms with E-state index in [1.807, 2.05) is 30.3 Å². The van der Waals surface area contributed by atoms with Crippen LogP contribution in [0.1, 0.15) is 30.9 Å². The first kappa shape index (κ1) is 14.1. The molecule has 2 N–H and O–H groups in total. The van der Waals surface area contributed by atoms with E-state index in [4.69, 9.17) is 0 Å². The Labute approximate surface area is 124 Å². The lowest BCUT2D eigenvalue weighted by molar-refractivity contribution is -0.143. The van der Waals surface area contributed by atoms with E-state index in [-0.39, 0.29) is 17.9 Å². The minimum Gasteiger partial charge on any atom is -0.352 e. The quantitative estimate of drug-likeness (QED) is 0.865. The van der Waals surface area contributed by atoms with Crippen molar-refractivity contribution >= 4 is 11.8 Å². The average Bonchev–Trinajstić information content (AvgIpc) is 3.00. The van der Waals surface area contributed by atoms with Crippen molar-refractivity contribution in [3.63, 3.8) is 0 Å². The smallest absolute Gasteiger partial charge is 0.247 e. The van der Waals surface area contributed by atoms with Crippen molar-refractivity contribution in [2.75, 3.05) is 19.6 Å². The van der Waals surface area contributed by atoms with Gasteiger partial charge in [-0.05, 0) is 24.9 Å². The van der Waals surface area contributed by atoms with Crippen molar-refractivity contribution < 1.29 is 9.59 Å². The van der Waals surface area contributed by atoms with E-state index in [1.54, 1.807) is 4.90 Å². The minimum absolute atomic E-state index is 0.0677. The first-order chi connectivity index (χ1) is 10.3. The fourth-order valence-corrected chi connectivity index (χ4v) is 3.16. The van der Waals surface area contributed by atoms with Crippen LogP contribution < -0.4 is 10.6 Å². The summed E-state index contributed by atoms with van der Waals surface area (Å²) in [5, 5.41) is 6.20. The monoisotopic (exact) mass is 287 g/mol. The van der Waals surface area contributed by atoms with Crippen molar-refractivity contribution in [2.24, 2.45) is 0 Å². The number of piperazine rings is 1. The molecule has 2 unspecified atom stereocenters. The second-order valence-electron chi connectivity index (χ2n) is 5.69. The summed E-state index contributed by atoms with van der Waals surface area (Å²) in [5.74, 6) is -0.0155. The van der Waals surface area contributed by atoms with Crippen LogP contribution in [-0.2, 0) is 9.59 Å². The fraction of sp³-hybridized carbons (Fsp3) is 0.500. The molecule has 2 saturated heterocycles. The van der Waals surface area contributed by atoms with Crippen molar-refractivity contribution in [3.05, 3.63) is 35.9 Å². The molecule has 1 aromatic rings. The number of hydrogen-bond donors (Lipinski definition) is 2. The van der Waals surface area contributed by atoms with Crippen LogP contribution in [0.2, 0.25) is 0 Å². The Kier molecular flexibility index (Phi) is 4.20. The van der Waals surface area contributed by atoms with Crippen LogP contribution in [-0.4, -0.2) is 42.4 Å². The van der Waals surface area contributed by atoms with Gasteiger partial charge in [-0.25, -0.2) is 0 Å². The molecule has 2 aliphatic rings. The van der Waals surface area contributed by atoms with Crippen molar-refractivity contribution in [2.45, 2.75) is 31.3 Å². The zero-order valence-corrected chi connectivity index (χ0v) is 12.0. The van der Waals surface area contributed by atoms with Gasteiger partial charge in [0, 0.05) is 25.6 Å². The third-order valence-corrected chi connectivity index (χ3v) is 4.23. The first-order valence-electron chi connectivity index (χ1n) is 7.61. The third-order valence-electron chi connectivity index (χ3n) is 4.23. The zero-order valence-electron chi connectivity index (χ0n) is 12.0. The molecule has 0 aliphatic carbocycles. The molecular weight excluding hydrogens is 266 g/mol. The molecule has 112 valence electrons. The summed E-state index contributed by atoms with van der Waals surface area (Å²) in [6.45, 7) is 2.10. The Bertz CT molecular complexity index is 512. The van der Waals surface area contributed by atoms with E-state index < -0.39 is 6.04 Å². The maximum Gasteiger partial charge on any atom is 0.247 e. The standard InChI is InChI=1S/C16H21N3O2/c20-14(11-13-7-4-8-17-13)19-10-9-18-16(21)15(19)12-5-2-1-3-6-12/h1-3,5-6,13,15,17H,4,7-11H2,(H,18,21). The van der Waals surface area contributed by atoms with E-state index in [2.05, 4.69) is 10.6 Å². The molecule has 2 amide bonds. The number of amides is 2. The number of benzene rings is 1. The number of rotatable bonds is 3. The normalized spacial score (nSPS) is 25.7. The van der Waals surface area contributed by atoms with Gasteiger partial charge >= 0.3 is 0 Å². The van der Waals surface area contributed by atoms with Gasteiger partial charge in [0.1, 0.15) is 6.04 Å². The van der Waals surface area contributed by atoms with E-state index in [0.717, 1.165) is 24.9 Å². The van der Waals surface area contributed by atoms with Crippen LogP contribution in [0.3, 0.4) is 0 Å². The van der Waals surface area contributed by atoms with E-state index in [1.165, 1.54) is 0 Å². The van der Waals surface area contributed by atoms with Gasteiger partial charge in [-0.15, -0.1) is 0 Å². The molecule has 1 aromatic carbocycles. The summed E-state index contributed by atoms with van der Waals surface area (Å²) in [4.78, 5) is 26.5.